The number of fused-ring (bicyclic) bond motifs is 1. The number of imidazole rings is 1. The topological polar surface area (TPSA) is 78.1 Å². The van der Waals surface area contributed by atoms with Crippen LogP contribution in [0.3, 0.4) is 0 Å². The minimum atomic E-state index is -0.128. The highest BCUT2D eigenvalue weighted by molar-refractivity contribution is 5.93. The molecule has 3 rings (SSSR count). The number of rotatable bonds is 3. The summed E-state index contributed by atoms with van der Waals surface area (Å²) in [6, 6.07) is 3.33. The molecule has 6 heteroatoms. The van der Waals surface area contributed by atoms with Crippen molar-refractivity contribution in [3.63, 3.8) is 0 Å². The minimum Gasteiger partial charge on any atom is -0.504 e. The van der Waals surface area contributed by atoms with Crippen LogP contribution in [0.2, 0.25) is 0 Å². The third-order valence-corrected chi connectivity index (χ3v) is 4.03. The fourth-order valence-corrected chi connectivity index (χ4v) is 2.97. The van der Waals surface area contributed by atoms with Crippen molar-refractivity contribution in [3.05, 3.63) is 30.2 Å². The highest BCUT2D eigenvalue weighted by Gasteiger charge is 2.28. The Morgan fingerprint density at radius 3 is 3.05 bits per heavy atom. The SMILES string of the molecule is O=C(c1cn2cccc(O)c2n1)N1CCCCC1CCO. The van der Waals surface area contributed by atoms with Crippen molar-refractivity contribution in [1.29, 1.82) is 0 Å². The van der Waals surface area contributed by atoms with Gasteiger partial charge in [-0.2, -0.15) is 0 Å². The van der Waals surface area contributed by atoms with Gasteiger partial charge in [0.25, 0.3) is 5.91 Å². The molecule has 1 amide bonds. The molecular weight excluding hydrogens is 270 g/mol. The summed E-state index contributed by atoms with van der Waals surface area (Å²) in [5.41, 5.74) is 0.720. The lowest BCUT2D eigenvalue weighted by atomic mass is 9.99. The number of piperidine rings is 1. The van der Waals surface area contributed by atoms with Crippen molar-refractivity contribution in [2.75, 3.05) is 13.2 Å². The first-order valence-electron chi connectivity index (χ1n) is 7.29. The molecular formula is C15H19N3O3. The molecule has 0 radical (unpaired) electrons. The van der Waals surface area contributed by atoms with E-state index in [1.165, 1.54) is 0 Å². The Balaban J connectivity index is 1.90. The summed E-state index contributed by atoms with van der Waals surface area (Å²) in [5, 5.41) is 18.9. The summed E-state index contributed by atoms with van der Waals surface area (Å²) >= 11 is 0. The molecule has 1 aliphatic rings. The number of hydrogen-bond donors (Lipinski definition) is 2. The summed E-state index contributed by atoms with van der Waals surface area (Å²) < 4.78 is 1.65. The van der Waals surface area contributed by atoms with E-state index in [9.17, 15) is 9.90 Å². The highest BCUT2D eigenvalue weighted by atomic mass is 16.3. The van der Waals surface area contributed by atoms with Crippen LogP contribution in [-0.2, 0) is 0 Å². The molecule has 0 aliphatic carbocycles. The van der Waals surface area contributed by atoms with Crippen LogP contribution in [-0.4, -0.2) is 49.6 Å². The van der Waals surface area contributed by atoms with Gasteiger partial charge in [-0.15, -0.1) is 0 Å². The Kier molecular flexibility index (Phi) is 3.79. The van der Waals surface area contributed by atoms with Crippen LogP contribution in [0.5, 0.6) is 5.75 Å². The number of likely N-dealkylation sites (tertiary alicyclic amines) is 1. The maximum atomic E-state index is 12.7. The van der Waals surface area contributed by atoms with Gasteiger partial charge in [0.2, 0.25) is 0 Å². The summed E-state index contributed by atoms with van der Waals surface area (Å²) in [4.78, 5) is 18.7. The van der Waals surface area contributed by atoms with Crippen LogP contribution in [0.1, 0.15) is 36.2 Å². The number of pyridine rings is 1. The molecule has 21 heavy (non-hydrogen) atoms. The standard InChI is InChI=1S/C15H19N3O3/c19-9-6-11-4-1-2-8-18(11)15(21)12-10-17-7-3-5-13(20)14(17)16-12/h3,5,7,10-11,19-20H,1-2,4,6,8-9H2. The lowest BCUT2D eigenvalue weighted by Gasteiger charge is -2.35. The van der Waals surface area contributed by atoms with Gasteiger partial charge < -0.3 is 19.5 Å². The van der Waals surface area contributed by atoms with E-state index in [1.54, 1.807) is 33.8 Å². The lowest BCUT2D eigenvalue weighted by molar-refractivity contribution is 0.0569. The molecule has 112 valence electrons. The van der Waals surface area contributed by atoms with Crippen LogP contribution < -0.4 is 0 Å². The molecule has 1 aliphatic heterocycles. The molecule has 0 saturated carbocycles. The number of hydrogen-bond acceptors (Lipinski definition) is 4. The largest absolute Gasteiger partial charge is 0.504 e. The number of aliphatic hydroxyl groups is 1. The predicted octanol–water partition coefficient (Wildman–Crippen LogP) is 1.42. The molecule has 2 N–H and O–H groups in total. The smallest absolute Gasteiger partial charge is 0.274 e. The van der Waals surface area contributed by atoms with Gasteiger partial charge in [-0.05, 0) is 37.8 Å². The average molecular weight is 289 g/mol. The zero-order valence-corrected chi connectivity index (χ0v) is 11.8. The number of aliphatic hydroxyl groups excluding tert-OH is 1. The number of aromatic hydroxyl groups is 1. The van der Waals surface area contributed by atoms with Gasteiger partial charge in [-0.1, -0.05) is 0 Å². The van der Waals surface area contributed by atoms with E-state index in [-0.39, 0.29) is 24.3 Å². The second kappa shape index (κ2) is 5.73. The van der Waals surface area contributed by atoms with E-state index < -0.39 is 0 Å². The Hall–Kier alpha value is -2.08. The normalized spacial score (nSPS) is 19.1. The summed E-state index contributed by atoms with van der Waals surface area (Å²) in [6.07, 6.45) is 6.98. The maximum Gasteiger partial charge on any atom is 0.274 e. The van der Waals surface area contributed by atoms with E-state index in [2.05, 4.69) is 4.98 Å². The maximum absolute atomic E-state index is 12.7. The zero-order chi connectivity index (χ0) is 14.8. The number of amides is 1. The Morgan fingerprint density at radius 2 is 2.29 bits per heavy atom. The Morgan fingerprint density at radius 1 is 1.43 bits per heavy atom. The summed E-state index contributed by atoms with van der Waals surface area (Å²) in [7, 11) is 0. The molecule has 0 bridgehead atoms. The Bertz CT molecular complexity index is 651. The molecule has 2 aromatic rings. The van der Waals surface area contributed by atoms with Crippen molar-refractivity contribution >= 4 is 11.6 Å². The molecule has 1 saturated heterocycles. The Labute approximate surface area is 122 Å². The first kappa shape index (κ1) is 13.9. The first-order chi connectivity index (χ1) is 10.2. The molecule has 1 unspecified atom stereocenters. The summed E-state index contributed by atoms with van der Waals surface area (Å²) in [5.74, 6) is -0.0710. The van der Waals surface area contributed by atoms with E-state index >= 15 is 0 Å². The molecule has 2 aromatic heterocycles. The van der Waals surface area contributed by atoms with Crippen molar-refractivity contribution in [1.82, 2.24) is 14.3 Å². The van der Waals surface area contributed by atoms with Crippen molar-refractivity contribution < 1.29 is 15.0 Å². The van der Waals surface area contributed by atoms with Crippen LogP contribution in [0.15, 0.2) is 24.5 Å². The number of aromatic nitrogens is 2. The van der Waals surface area contributed by atoms with E-state index in [1.807, 2.05) is 0 Å². The van der Waals surface area contributed by atoms with Crippen LogP contribution >= 0.6 is 0 Å². The molecule has 1 fully saturated rings. The van der Waals surface area contributed by atoms with Gasteiger partial charge in [0.05, 0.1) is 0 Å². The molecule has 6 nitrogen and oxygen atoms in total. The van der Waals surface area contributed by atoms with Gasteiger partial charge in [-0.3, -0.25) is 4.79 Å². The molecule has 1 atom stereocenters. The predicted molar refractivity (Wildman–Crippen MR) is 77.2 cm³/mol. The third-order valence-electron chi connectivity index (χ3n) is 4.03. The van der Waals surface area contributed by atoms with E-state index in [4.69, 9.17) is 5.11 Å². The first-order valence-corrected chi connectivity index (χ1v) is 7.29. The minimum absolute atomic E-state index is 0.0575. The average Bonchev–Trinajstić information content (AvgIpc) is 2.93. The second-order valence-corrected chi connectivity index (χ2v) is 5.41. The van der Waals surface area contributed by atoms with Gasteiger partial charge in [-0.25, -0.2) is 4.98 Å². The summed E-state index contributed by atoms with van der Waals surface area (Å²) in [6.45, 7) is 0.782. The molecule has 3 heterocycles. The lowest BCUT2D eigenvalue weighted by Crippen LogP contribution is -2.44. The van der Waals surface area contributed by atoms with Crippen molar-refractivity contribution in [2.45, 2.75) is 31.7 Å². The second-order valence-electron chi connectivity index (χ2n) is 5.41. The highest BCUT2D eigenvalue weighted by Crippen LogP contribution is 2.23. The zero-order valence-electron chi connectivity index (χ0n) is 11.8. The van der Waals surface area contributed by atoms with E-state index in [0.717, 1.165) is 19.3 Å². The van der Waals surface area contributed by atoms with Crippen LogP contribution in [0, 0.1) is 0 Å². The van der Waals surface area contributed by atoms with Gasteiger partial charge in [0, 0.05) is 31.6 Å². The third kappa shape index (κ3) is 2.58. The van der Waals surface area contributed by atoms with E-state index in [0.29, 0.717) is 24.3 Å². The van der Waals surface area contributed by atoms with Crippen LogP contribution in [0.4, 0.5) is 0 Å². The molecule has 0 aromatic carbocycles. The van der Waals surface area contributed by atoms with Crippen LogP contribution in [0.25, 0.3) is 5.65 Å². The molecule has 0 spiro atoms. The fourth-order valence-electron chi connectivity index (χ4n) is 2.97. The number of nitrogens with zero attached hydrogens (tertiary/aromatic N) is 3. The number of carbonyl (C=O) groups excluding carboxylic acids is 1. The van der Waals surface area contributed by atoms with Crippen molar-refractivity contribution in [3.8, 4) is 5.75 Å². The number of carbonyl (C=O) groups is 1. The fraction of sp³-hybridized carbons (Fsp3) is 0.467. The van der Waals surface area contributed by atoms with Gasteiger partial charge >= 0.3 is 0 Å². The van der Waals surface area contributed by atoms with Crippen molar-refractivity contribution in [2.24, 2.45) is 0 Å². The van der Waals surface area contributed by atoms with Gasteiger partial charge in [0.1, 0.15) is 5.69 Å². The quantitative estimate of drug-likeness (QED) is 0.895. The van der Waals surface area contributed by atoms with Gasteiger partial charge in [0.15, 0.2) is 11.4 Å². The monoisotopic (exact) mass is 289 g/mol.